The van der Waals surface area contributed by atoms with Gasteiger partial charge in [0.05, 0.1) is 31.9 Å². The van der Waals surface area contributed by atoms with Crippen LogP contribution in [0.15, 0.2) is 43.0 Å². The SMILES string of the molecule is COC(=O)[C@H](Cc1cnc[nH]1)NC(=O)c1ccc(N(C)Cc2cnc3nc(N)nc(N)c3n2)cc1. The topological polar surface area (TPSA) is 191 Å². The molecule has 13 nitrogen and oxygen atoms in total. The molecule has 0 saturated heterocycles. The predicted molar refractivity (Wildman–Crippen MR) is 128 cm³/mol. The summed E-state index contributed by atoms with van der Waals surface area (Å²) in [6, 6.07) is 6.08. The molecular formula is C22H24N10O3. The van der Waals surface area contributed by atoms with Crippen molar-refractivity contribution >= 4 is 40.5 Å². The van der Waals surface area contributed by atoms with Crippen LogP contribution in [0.1, 0.15) is 21.7 Å². The lowest BCUT2D eigenvalue weighted by Gasteiger charge is -2.20. The van der Waals surface area contributed by atoms with Crippen LogP contribution in [0.4, 0.5) is 17.5 Å². The molecule has 0 spiro atoms. The van der Waals surface area contributed by atoms with Gasteiger partial charge in [0.1, 0.15) is 6.04 Å². The Balaban J connectivity index is 1.43. The van der Waals surface area contributed by atoms with Gasteiger partial charge in [-0.2, -0.15) is 9.97 Å². The number of aromatic amines is 1. The van der Waals surface area contributed by atoms with Crippen LogP contribution in [-0.4, -0.2) is 62.0 Å². The van der Waals surface area contributed by atoms with E-state index >= 15 is 0 Å². The molecule has 4 rings (SSSR count). The van der Waals surface area contributed by atoms with Crippen molar-refractivity contribution in [1.82, 2.24) is 35.2 Å². The molecule has 1 aromatic carbocycles. The molecule has 13 heteroatoms. The number of nitrogens with one attached hydrogen (secondary N) is 2. The van der Waals surface area contributed by atoms with Crippen molar-refractivity contribution in [1.29, 1.82) is 0 Å². The number of hydrogen-bond donors (Lipinski definition) is 4. The number of anilines is 3. The zero-order valence-corrected chi connectivity index (χ0v) is 19.1. The first-order valence-corrected chi connectivity index (χ1v) is 10.6. The van der Waals surface area contributed by atoms with E-state index in [1.54, 1.807) is 36.7 Å². The van der Waals surface area contributed by atoms with Gasteiger partial charge in [-0.05, 0) is 24.3 Å². The number of imidazole rings is 1. The van der Waals surface area contributed by atoms with Crippen LogP contribution < -0.4 is 21.7 Å². The number of ether oxygens (including phenoxy) is 1. The van der Waals surface area contributed by atoms with Crippen LogP contribution in [0.5, 0.6) is 0 Å². The zero-order valence-electron chi connectivity index (χ0n) is 19.1. The number of nitrogen functional groups attached to an aromatic ring is 2. The molecule has 0 aliphatic carbocycles. The van der Waals surface area contributed by atoms with Gasteiger partial charge in [-0.25, -0.2) is 19.7 Å². The maximum atomic E-state index is 12.7. The van der Waals surface area contributed by atoms with E-state index in [1.807, 2.05) is 11.9 Å². The van der Waals surface area contributed by atoms with Crippen LogP contribution in [-0.2, 0) is 22.5 Å². The Kier molecular flexibility index (Phi) is 6.66. The monoisotopic (exact) mass is 476 g/mol. The molecule has 6 N–H and O–H groups in total. The lowest BCUT2D eigenvalue weighted by molar-refractivity contribution is -0.142. The molecule has 180 valence electrons. The average Bonchev–Trinajstić information content (AvgIpc) is 3.36. The van der Waals surface area contributed by atoms with Gasteiger partial charge < -0.3 is 31.4 Å². The number of carbonyl (C=O) groups excluding carboxylic acids is 2. The third-order valence-electron chi connectivity index (χ3n) is 5.24. The van der Waals surface area contributed by atoms with Gasteiger partial charge in [-0.3, -0.25) is 4.79 Å². The maximum Gasteiger partial charge on any atom is 0.328 e. The molecule has 0 saturated carbocycles. The smallest absolute Gasteiger partial charge is 0.328 e. The number of benzene rings is 1. The maximum absolute atomic E-state index is 12.7. The number of nitrogens with zero attached hydrogens (tertiary/aromatic N) is 6. The van der Waals surface area contributed by atoms with E-state index in [-0.39, 0.29) is 18.2 Å². The molecule has 0 radical (unpaired) electrons. The lowest BCUT2D eigenvalue weighted by atomic mass is 10.1. The molecule has 0 aliphatic rings. The fraction of sp³-hybridized carbons (Fsp3) is 0.227. The fourth-order valence-corrected chi connectivity index (χ4v) is 3.45. The second-order valence-electron chi connectivity index (χ2n) is 7.73. The molecule has 3 heterocycles. The Morgan fingerprint density at radius 1 is 1.14 bits per heavy atom. The first-order valence-electron chi connectivity index (χ1n) is 10.6. The fourth-order valence-electron chi connectivity index (χ4n) is 3.45. The summed E-state index contributed by atoms with van der Waals surface area (Å²) in [4.78, 5) is 50.3. The first kappa shape index (κ1) is 23.4. The van der Waals surface area contributed by atoms with E-state index in [0.717, 1.165) is 5.69 Å². The lowest BCUT2D eigenvalue weighted by Crippen LogP contribution is -2.43. The number of esters is 1. The van der Waals surface area contributed by atoms with Crippen molar-refractivity contribution in [2.24, 2.45) is 0 Å². The van der Waals surface area contributed by atoms with Crippen molar-refractivity contribution in [3.8, 4) is 0 Å². The minimum Gasteiger partial charge on any atom is -0.467 e. The molecule has 0 bridgehead atoms. The highest BCUT2D eigenvalue weighted by Crippen LogP contribution is 2.19. The number of aromatic nitrogens is 6. The Labute approximate surface area is 200 Å². The number of methoxy groups -OCH3 is 1. The number of hydrogen-bond acceptors (Lipinski definition) is 11. The Hall–Kier alpha value is -4.81. The van der Waals surface area contributed by atoms with Crippen molar-refractivity contribution in [2.75, 3.05) is 30.5 Å². The molecule has 0 unspecified atom stereocenters. The second kappa shape index (κ2) is 9.99. The van der Waals surface area contributed by atoms with Gasteiger partial charge in [0.15, 0.2) is 17.0 Å². The summed E-state index contributed by atoms with van der Waals surface area (Å²) < 4.78 is 4.82. The van der Waals surface area contributed by atoms with Gasteiger partial charge in [0.2, 0.25) is 5.95 Å². The first-order chi connectivity index (χ1) is 16.8. The van der Waals surface area contributed by atoms with E-state index in [1.165, 1.54) is 13.4 Å². The number of carbonyl (C=O) groups is 2. The number of H-pyrrole nitrogens is 1. The highest BCUT2D eigenvalue weighted by atomic mass is 16.5. The quantitative estimate of drug-likeness (QED) is 0.258. The summed E-state index contributed by atoms with van der Waals surface area (Å²) in [5.74, 6) is -0.742. The van der Waals surface area contributed by atoms with E-state index in [0.29, 0.717) is 34.7 Å². The summed E-state index contributed by atoms with van der Waals surface area (Å²) in [6.07, 6.45) is 4.92. The van der Waals surface area contributed by atoms with Crippen LogP contribution in [0, 0.1) is 0 Å². The molecule has 35 heavy (non-hydrogen) atoms. The minimum atomic E-state index is -0.853. The summed E-state index contributed by atoms with van der Waals surface area (Å²) >= 11 is 0. The number of nitrogens with two attached hydrogens (primary N) is 2. The third-order valence-corrected chi connectivity index (χ3v) is 5.24. The largest absolute Gasteiger partial charge is 0.467 e. The van der Waals surface area contributed by atoms with E-state index < -0.39 is 17.9 Å². The highest BCUT2D eigenvalue weighted by Gasteiger charge is 2.23. The van der Waals surface area contributed by atoms with Crippen LogP contribution in [0.3, 0.4) is 0 Å². The molecule has 1 amide bonds. The summed E-state index contributed by atoms with van der Waals surface area (Å²) in [5, 5.41) is 2.71. The summed E-state index contributed by atoms with van der Waals surface area (Å²) in [5.41, 5.74) is 14.8. The summed E-state index contributed by atoms with van der Waals surface area (Å²) in [7, 11) is 3.15. The van der Waals surface area contributed by atoms with Gasteiger partial charge in [0.25, 0.3) is 5.91 Å². The third kappa shape index (κ3) is 5.40. The van der Waals surface area contributed by atoms with Gasteiger partial charge in [0, 0.05) is 36.6 Å². The molecule has 0 fully saturated rings. The number of amides is 1. The Morgan fingerprint density at radius 2 is 1.91 bits per heavy atom. The van der Waals surface area contributed by atoms with Crippen LogP contribution in [0.2, 0.25) is 0 Å². The minimum absolute atomic E-state index is 0.0394. The predicted octanol–water partition coefficient (Wildman–Crippen LogP) is 0.458. The molecule has 0 aliphatic heterocycles. The molecule has 3 aromatic heterocycles. The summed E-state index contributed by atoms with van der Waals surface area (Å²) in [6.45, 7) is 0.424. The molecular weight excluding hydrogens is 452 g/mol. The van der Waals surface area contributed by atoms with E-state index in [9.17, 15) is 9.59 Å². The average molecular weight is 477 g/mol. The van der Waals surface area contributed by atoms with Crippen molar-refractivity contribution in [2.45, 2.75) is 19.0 Å². The van der Waals surface area contributed by atoms with Gasteiger partial charge in [-0.15, -0.1) is 0 Å². The molecule has 4 aromatic rings. The van der Waals surface area contributed by atoms with Crippen molar-refractivity contribution in [3.63, 3.8) is 0 Å². The highest BCUT2D eigenvalue weighted by molar-refractivity contribution is 5.97. The van der Waals surface area contributed by atoms with E-state index in [2.05, 4.69) is 35.2 Å². The van der Waals surface area contributed by atoms with Crippen molar-refractivity contribution in [3.05, 3.63) is 59.9 Å². The van der Waals surface area contributed by atoms with Gasteiger partial charge >= 0.3 is 5.97 Å². The molecule has 1 atom stereocenters. The second-order valence-corrected chi connectivity index (χ2v) is 7.73. The Bertz CT molecular complexity index is 1340. The number of fused-ring (bicyclic) bond motifs is 1. The zero-order chi connectivity index (χ0) is 24.9. The van der Waals surface area contributed by atoms with Crippen LogP contribution in [0.25, 0.3) is 11.2 Å². The van der Waals surface area contributed by atoms with Gasteiger partial charge in [-0.1, -0.05) is 0 Å². The Morgan fingerprint density at radius 3 is 2.60 bits per heavy atom. The number of rotatable bonds is 8. The van der Waals surface area contributed by atoms with Crippen LogP contribution >= 0.6 is 0 Å². The van der Waals surface area contributed by atoms with E-state index in [4.69, 9.17) is 16.2 Å². The normalized spacial score (nSPS) is 11.7. The standard InChI is InChI=1S/C22H24N10O3/c1-32(10-14-9-26-19-17(28-14)18(23)30-22(24)31-19)15-5-3-12(4-6-15)20(33)29-16(21(34)35-2)7-13-8-25-11-27-13/h3-6,8-9,11,16H,7,10H2,1-2H3,(H,25,27)(H,29,33)(H4,23,24,26,30,31)/t16-/m0/s1. The van der Waals surface area contributed by atoms with Crippen molar-refractivity contribution < 1.29 is 14.3 Å².